The number of likely N-dealkylation sites (N-methyl/N-ethyl adjacent to an activating group) is 1. The average molecular weight is 318 g/mol. The Kier molecular flexibility index (Phi) is 2.85. The van der Waals surface area contributed by atoms with Crippen molar-refractivity contribution in [3.63, 3.8) is 0 Å². The number of anilines is 1. The molecule has 4 nitrogen and oxygen atoms in total. The third-order valence-corrected chi connectivity index (χ3v) is 3.48. The molecule has 0 atom stereocenters. The summed E-state index contributed by atoms with van der Waals surface area (Å²) in [6, 6.07) is 0. The highest BCUT2D eigenvalue weighted by molar-refractivity contribution is 14.1. The van der Waals surface area contributed by atoms with Gasteiger partial charge in [0.1, 0.15) is 9.52 Å². The molecule has 2 rings (SSSR count). The SMILES string of the molecule is CN1CN(c2cnc(I)cn2)CC1(C)C. The van der Waals surface area contributed by atoms with E-state index < -0.39 is 0 Å². The first kappa shape index (κ1) is 11.1. The number of nitrogens with zero attached hydrogens (tertiary/aromatic N) is 4. The van der Waals surface area contributed by atoms with Gasteiger partial charge < -0.3 is 4.90 Å². The van der Waals surface area contributed by atoms with Crippen molar-refractivity contribution < 1.29 is 0 Å². The van der Waals surface area contributed by atoms with Crippen molar-refractivity contribution in [2.75, 3.05) is 25.2 Å². The van der Waals surface area contributed by atoms with E-state index in [4.69, 9.17) is 0 Å². The van der Waals surface area contributed by atoms with Crippen LogP contribution >= 0.6 is 22.6 Å². The lowest BCUT2D eigenvalue weighted by Gasteiger charge is -2.24. The zero-order valence-corrected chi connectivity index (χ0v) is 11.4. The van der Waals surface area contributed by atoms with Gasteiger partial charge in [0.15, 0.2) is 0 Å². The second kappa shape index (κ2) is 3.86. The van der Waals surface area contributed by atoms with Crippen LogP contribution in [-0.4, -0.2) is 40.7 Å². The molecule has 0 bridgehead atoms. The number of hydrogen-bond donors (Lipinski definition) is 0. The zero-order valence-electron chi connectivity index (χ0n) is 9.24. The highest BCUT2D eigenvalue weighted by atomic mass is 127. The summed E-state index contributed by atoms with van der Waals surface area (Å²) in [5.41, 5.74) is 0.213. The first-order valence-corrected chi connectivity index (χ1v) is 6.01. The lowest BCUT2D eigenvalue weighted by atomic mass is 10.1. The molecule has 1 aliphatic heterocycles. The highest BCUT2D eigenvalue weighted by Crippen LogP contribution is 2.25. The maximum absolute atomic E-state index is 4.39. The maximum Gasteiger partial charge on any atom is 0.148 e. The molecule has 0 unspecified atom stereocenters. The molecule has 1 fully saturated rings. The van der Waals surface area contributed by atoms with Crippen molar-refractivity contribution in [2.24, 2.45) is 0 Å². The maximum atomic E-state index is 4.39. The molecule has 2 heterocycles. The Morgan fingerprint density at radius 3 is 2.53 bits per heavy atom. The van der Waals surface area contributed by atoms with Gasteiger partial charge in [-0.15, -0.1) is 0 Å². The highest BCUT2D eigenvalue weighted by Gasteiger charge is 2.34. The first-order valence-electron chi connectivity index (χ1n) is 4.93. The van der Waals surface area contributed by atoms with Crippen molar-refractivity contribution >= 4 is 28.4 Å². The van der Waals surface area contributed by atoms with E-state index in [0.29, 0.717) is 0 Å². The van der Waals surface area contributed by atoms with Gasteiger partial charge in [0.2, 0.25) is 0 Å². The summed E-state index contributed by atoms with van der Waals surface area (Å²) < 4.78 is 0.933. The zero-order chi connectivity index (χ0) is 11.1. The van der Waals surface area contributed by atoms with Gasteiger partial charge in [-0.05, 0) is 43.5 Å². The van der Waals surface area contributed by atoms with Crippen LogP contribution in [0, 0.1) is 3.70 Å². The van der Waals surface area contributed by atoms with Gasteiger partial charge in [0.25, 0.3) is 0 Å². The van der Waals surface area contributed by atoms with Crippen molar-refractivity contribution in [3.8, 4) is 0 Å². The van der Waals surface area contributed by atoms with Crippen molar-refractivity contribution in [1.29, 1.82) is 0 Å². The van der Waals surface area contributed by atoms with Crippen LogP contribution in [0.25, 0.3) is 0 Å². The number of aromatic nitrogens is 2. The lowest BCUT2D eigenvalue weighted by molar-refractivity contribution is 0.229. The van der Waals surface area contributed by atoms with Crippen LogP contribution in [0.4, 0.5) is 5.82 Å². The van der Waals surface area contributed by atoms with Crippen molar-refractivity contribution in [2.45, 2.75) is 19.4 Å². The summed E-state index contributed by atoms with van der Waals surface area (Å²) in [5.74, 6) is 0.966. The Morgan fingerprint density at radius 1 is 1.33 bits per heavy atom. The molecular formula is C10H15IN4. The van der Waals surface area contributed by atoms with Gasteiger partial charge in [-0.25, -0.2) is 9.97 Å². The number of rotatable bonds is 1. The monoisotopic (exact) mass is 318 g/mol. The van der Waals surface area contributed by atoms with Crippen LogP contribution < -0.4 is 4.90 Å². The molecule has 0 saturated carbocycles. The normalized spacial score (nSPS) is 20.9. The third kappa shape index (κ3) is 2.23. The predicted molar refractivity (Wildman–Crippen MR) is 68.8 cm³/mol. The largest absolute Gasteiger partial charge is 0.340 e. The van der Waals surface area contributed by atoms with Gasteiger partial charge >= 0.3 is 0 Å². The van der Waals surface area contributed by atoms with Gasteiger partial charge in [-0.1, -0.05) is 0 Å². The lowest BCUT2D eigenvalue weighted by Crippen LogP contribution is -2.36. The molecule has 0 N–H and O–H groups in total. The molecule has 5 heteroatoms. The molecule has 0 spiro atoms. The van der Waals surface area contributed by atoms with E-state index >= 15 is 0 Å². The Labute approximate surface area is 104 Å². The van der Waals surface area contributed by atoms with Gasteiger partial charge in [-0.2, -0.15) is 0 Å². The topological polar surface area (TPSA) is 32.3 Å². The van der Waals surface area contributed by atoms with Crippen molar-refractivity contribution in [3.05, 3.63) is 16.1 Å². The van der Waals surface area contributed by atoms with Crippen LogP contribution in [-0.2, 0) is 0 Å². The minimum atomic E-state index is 0.213. The van der Waals surface area contributed by atoms with Gasteiger partial charge in [0, 0.05) is 12.1 Å². The molecule has 1 aromatic heterocycles. The molecule has 0 amide bonds. The second-order valence-corrected chi connectivity index (χ2v) is 5.65. The van der Waals surface area contributed by atoms with Crippen LogP contribution in [0.1, 0.15) is 13.8 Å². The Hall–Kier alpha value is -0.430. The number of hydrogen-bond acceptors (Lipinski definition) is 4. The van der Waals surface area contributed by atoms with Crippen LogP contribution in [0.2, 0.25) is 0 Å². The van der Waals surface area contributed by atoms with E-state index in [2.05, 4.69) is 63.3 Å². The quantitative estimate of drug-likeness (QED) is 0.736. The van der Waals surface area contributed by atoms with E-state index in [-0.39, 0.29) is 5.54 Å². The average Bonchev–Trinajstić information content (AvgIpc) is 2.42. The second-order valence-electron chi connectivity index (χ2n) is 4.55. The summed E-state index contributed by atoms with van der Waals surface area (Å²) >= 11 is 2.17. The molecule has 0 aromatic carbocycles. The molecule has 0 aliphatic carbocycles. The summed E-state index contributed by atoms with van der Waals surface area (Å²) in [5, 5.41) is 0. The molecule has 1 aromatic rings. The van der Waals surface area contributed by atoms with E-state index in [1.807, 2.05) is 6.20 Å². The Balaban J connectivity index is 2.17. The fraction of sp³-hybridized carbons (Fsp3) is 0.600. The predicted octanol–water partition coefficient (Wildman–Crippen LogP) is 1.57. The Morgan fingerprint density at radius 2 is 2.07 bits per heavy atom. The molecule has 1 saturated heterocycles. The molecule has 1 aliphatic rings. The van der Waals surface area contributed by atoms with E-state index in [9.17, 15) is 0 Å². The smallest absolute Gasteiger partial charge is 0.148 e. The van der Waals surface area contributed by atoms with E-state index in [0.717, 1.165) is 22.7 Å². The van der Waals surface area contributed by atoms with Crippen molar-refractivity contribution in [1.82, 2.24) is 14.9 Å². The minimum absolute atomic E-state index is 0.213. The van der Waals surface area contributed by atoms with Crippen LogP contribution in [0.3, 0.4) is 0 Å². The van der Waals surface area contributed by atoms with Crippen LogP contribution in [0.15, 0.2) is 12.4 Å². The van der Waals surface area contributed by atoms with Gasteiger partial charge in [0.05, 0.1) is 19.1 Å². The molecule has 82 valence electrons. The molecule has 15 heavy (non-hydrogen) atoms. The molecule has 0 radical (unpaired) electrons. The fourth-order valence-corrected chi connectivity index (χ4v) is 1.99. The fourth-order valence-electron chi connectivity index (χ4n) is 1.71. The van der Waals surface area contributed by atoms with Crippen LogP contribution in [0.5, 0.6) is 0 Å². The Bertz CT molecular complexity index is 349. The number of halogens is 1. The summed E-state index contributed by atoms with van der Waals surface area (Å²) in [4.78, 5) is 13.2. The molecular weight excluding hydrogens is 303 g/mol. The summed E-state index contributed by atoms with van der Waals surface area (Å²) in [6.07, 6.45) is 3.65. The van der Waals surface area contributed by atoms with Gasteiger partial charge in [-0.3, -0.25) is 4.90 Å². The van der Waals surface area contributed by atoms with E-state index in [1.165, 1.54) is 0 Å². The summed E-state index contributed by atoms with van der Waals surface area (Å²) in [6.45, 7) is 6.40. The third-order valence-electron chi connectivity index (χ3n) is 2.92. The summed E-state index contributed by atoms with van der Waals surface area (Å²) in [7, 11) is 2.14. The van der Waals surface area contributed by atoms with E-state index in [1.54, 1.807) is 6.20 Å². The standard InChI is InChI=1S/C10H15IN4/c1-10(2)6-15(7-14(10)3)9-5-12-8(11)4-13-9/h4-5H,6-7H2,1-3H3. The minimum Gasteiger partial charge on any atom is -0.340 e. The first-order chi connectivity index (χ1) is 6.99.